The summed E-state index contributed by atoms with van der Waals surface area (Å²) in [4.78, 5) is 23.8. The van der Waals surface area contributed by atoms with Gasteiger partial charge in [-0.1, -0.05) is 0 Å². The largest absolute Gasteiger partial charge is 0.489 e. The Morgan fingerprint density at radius 1 is 1.30 bits per heavy atom. The van der Waals surface area contributed by atoms with E-state index in [1.54, 1.807) is 6.92 Å². The van der Waals surface area contributed by atoms with Gasteiger partial charge in [-0.3, -0.25) is 4.79 Å². The van der Waals surface area contributed by atoms with Crippen LogP contribution in [0, 0.1) is 5.92 Å². The SMILES string of the molecule is CCS(=O)(=O)N1CCC(C(=O)Nc2cc(C(=O)O)ccc2OC(C)C)CC1. The van der Waals surface area contributed by atoms with Gasteiger partial charge in [0.2, 0.25) is 15.9 Å². The third-order valence-corrected chi connectivity index (χ3v) is 6.31. The maximum Gasteiger partial charge on any atom is 0.335 e. The maximum absolute atomic E-state index is 12.6. The van der Waals surface area contributed by atoms with E-state index >= 15 is 0 Å². The van der Waals surface area contributed by atoms with E-state index < -0.39 is 16.0 Å². The summed E-state index contributed by atoms with van der Waals surface area (Å²) < 4.78 is 30.9. The summed E-state index contributed by atoms with van der Waals surface area (Å²) in [7, 11) is -3.25. The number of benzene rings is 1. The average Bonchev–Trinajstić information content (AvgIpc) is 2.62. The van der Waals surface area contributed by atoms with Gasteiger partial charge in [-0.15, -0.1) is 0 Å². The number of nitrogens with one attached hydrogen (secondary N) is 1. The highest BCUT2D eigenvalue weighted by molar-refractivity contribution is 7.89. The molecule has 2 rings (SSSR count). The zero-order chi connectivity index (χ0) is 20.2. The van der Waals surface area contributed by atoms with Crippen molar-refractivity contribution in [1.82, 2.24) is 4.31 Å². The van der Waals surface area contributed by atoms with Gasteiger partial charge in [0.05, 0.1) is 23.1 Å². The Bertz CT molecular complexity index is 798. The number of carbonyl (C=O) groups excluding carboxylic acids is 1. The summed E-state index contributed by atoms with van der Waals surface area (Å²) in [5, 5.41) is 11.9. The summed E-state index contributed by atoms with van der Waals surface area (Å²) in [5.74, 6) is -1.26. The number of amides is 1. The van der Waals surface area contributed by atoms with Gasteiger partial charge >= 0.3 is 5.97 Å². The lowest BCUT2D eigenvalue weighted by Gasteiger charge is -2.30. The lowest BCUT2D eigenvalue weighted by molar-refractivity contribution is -0.120. The van der Waals surface area contributed by atoms with Gasteiger partial charge in [0.1, 0.15) is 5.75 Å². The fourth-order valence-electron chi connectivity index (χ4n) is 2.93. The summed E-state index contributed by atoms with van der Waals surface area (Å²) in [5.41, 5.74) is 0.350. The van der Waals surface area contributed by atoms with Gasteiger partial charge in [-0.05, 0) is 51.8 Å². The van der Waals surface area contributed by atoms with Gasteiger partial charge in [0, 0.05) is 19.0 Å². The topological polar surface area (TPSA) is 113 Å². The van der Waals surface area contributed by atoms with Crippen molar-refractivity contribution in [3.8, 4) is 5.75 Å². The molecule has 0 atom stereocenters. The molecule has 1 fully saturated rings. The fourth-order valence-corrected chi connectivity index (χ4v) is 4.06. The molecule has 1 aliphatic rings. The normalized spacial score (nSPS) is 16.3. The standard InChI is InChI=1S/C18H26N2O6S/c1-4-27(24,25)20-9-7-13(8-10-20)17(21)19-15-11-14(18(22)23)5-6-16(15)26-12(2)3/h5-6,11-13H,4,7-10H2,1-3H3,(H,19,21)(H,22,23). The van der Waals surface area contributed by atoms with Gasteiger partial charge in [-0.2, -0.15) is 0 Å². The highest BCUT2D eigenvalue weighted by Crippen LogP contribution is 2.29. The van der Waals surface area contributed by atoms with Gasteiger partial charge in [0.25, 0.3) is 0 Å². The van der Waals surface area contributed by atoms with Crippen molar-refractivity contribution < 1.29 is 27.9 Å². The second kappa shape index (κ2) is 8.71. The second-order valence-electron chi connectivity index (χ2n) is 6.75. The van der Waals surface area contributed by atoms with Crippen LogP contribution in [0.3, 0.4) is 0 Å². The molecular formula is C18H26N2O6S. The Labute approximate surface area is 159 Å². The number of carboxylic acids is 1. The molecule has 27 heavy (non-hydrogen) atoms. The highest BCUT2D eigenvalue weighted by atomic mass is 32.2. The summed E-state index contributed by atoms with van der Waals surface area (Å²) in [6.07, 6.45) is 0.701. The van der Waals surface area contributed by atoms with Crippen LogP contribution in [-0.4, -0.2) is 54.7 Å². The molecule has 0 unspecified atom stereocenters. The number of ether oxygens (including phenoxy) is 1. The minimum atomic E-state index is -3.25. The van der Waals surface area contributed by atoms with E-state index in [9.17, 15) is 23.1 Å². The van der Waals surface area contributed by atoms with E-state index in [1.807, 2.05) is 13.8 Å². The van der Waals surface area contributed by atoms with Crippen molar-refractivity contribution in [1.29, 1.82) is 0 Å². The fraction of sp³-hybridized carbons (Fsp3) is 0.556. The third-order valence-electron chi connectivity index (χ3n) is 4.43. The zero-order valence-corrected chi connectivity index (χ0v) is 16.6. The van der Waals surface area contributed by atoms with Crippen LogP contribution in [0.5, 0.6) is 5.75 Å². The maximum atomic E-state index is 12.6. The number of hydrogen-bond donors (Lipinski definition) is 2. The number of aromatic carboxylic acids is 1. The van der Waals surface area contributed by atoms with Crippen LogP contribution in [0.1, 0.15) is 44.0 Å². The number of carboxylic acid groups (broad SMARTS) is 1. The van der Waals surface area contributed by atoms with Crippen LogP contribution < -0.4 is 10.1 Å². The number of sulfonamides is 1. The molecule has 0 aliphatic carbocycles. The molecule has 8 nitrogen and oxygen atoms in total. The third kappa shape index (κ3) is 5.43. The van der Waals surface area contributed by atoms with Gasteiger partial charge in [0.15, 0.2) is 0 Å². The van der Waals surface area contributed by atoms with Crippen molar-refractivity contribution in [2.75, 3.05) is 24.2 Å². The molecule has 0 spiro atoms. The molecule has 1 saturated heterocycles. The van der Waals surface area contributed by atoms with E-state index in [1.165, 1.54) is 22.5 Å². The Hall–Kier alpha value is -2.13. The number of carbonyl (C=O) groups is 2. The molecule has 1 aliphatic heterocycles. The smallest absolute Gasteiger partial charge is 0.335 e. The van der Waals surface area contributed by atoms with E-state index in [0.29, 0.717) is 37.4 Å². The lowest BCUT2D eigenvalue weighted by Crippen LogP contribution is -2.42. The van der Waals surface area contributed by atoms with Crippen molar-refractivity contribution in [3.05, 3.63) is 23.8 Å². The van der Waals surface area contributed by atoms with Crippen molar-refractivity contribution in [2.45, 2.75) is 39.7 Å². The molecule has 1 amide bonds. The molecule has 9 heteroatoms. The molecule has 0 radical (unpaired) electrons. The Balaban J connectivity index is 2.11. The summed E-state index contributed by atoms with van der Waals surface area (Å²) in [6, 6.07) is 4.31. The lowest BCUT2D eigenvalue weighted by atomic mass is 9.97. The molecule has 0 saturated carbocycles. The van der Waals surface area contributed by atoms with Crippen LogP contribution in [-0.2, 0) is 14.8 Å². The van der Waals surface area contributed by atoms with Crippen LogP contribution >= 0.6 is 0 Å². The predicted molar refractivity (Wildman–Crippen MR) is 102 cm³/mol. The molecule has 1 aromatic carbocycles. The summed E-state index contributed by atoms with van der Waals surface area (Å²) >= 11 is 0. The number of nitrogens with zero attached hydrogens (tertiary/aromatic N) is 1. The van der Waals surface area contributed by atoms with Crippen LogP contribution in [0.25, 0.3) is 0 Å². The van der Waals surface area contributed by atoms with Crippen molar-refractivity contribution in [2.24, 2.45) is 5.92 Å². The van der Waals surface area contributed by atoms with E-state index in [4.69, 9.17) is 4.74 Å². The number of anilines is 1. The highest BCUT2D eigenvalue weighted by Gasteiger charge is 2.30. The second-order valence-corrected chi connectivity index (χ2v) is 9.00. The quantitative estimate of drug-likeness (QED) is 0.728. The molecule has 1 aromatic rings. The Morgan fingerprint density at radius 3 is 2.44 bits per heavy atom. The molecular weight excluding hydrogens is 372 g/mol. The number of rotatable bonds is 7. The molecule has 0 aromatic heterocycles. The minimum Gasteiger partial charge on any atom is -0.489 e. The van der Waals surface area contributed by atoms with Gasteiger partial charge in [-0.25, -0.2) is 17.5 Å². The predicted octanol–water partition coefficient (Wildman–Crippen LogP) is 2.17. The molecule has 150 valence electrons. The molecule has 0 bridgehead atoms. The van der Waals surface area contributed by atoms with Crippen molar-refractivity contribution in [3.63, 3.8) is 0 Å². The summed E-state index contributed by atoms with van der Waals surface area (Å²) in [6.45, 7) is 5.87. The Morgan fingerprint density at radius 2 is 1.93 bits per heavy atom. The first-order valence-corrected chi connectivity index (χ1v) is 10.6. The molecule has 1 heterocycles. The first-order valence-electron chi connectivity index (χ1n) is 8.96. The van der Waals surface area contributed by atoms with Crippen LogP contribution in [0.4, 0.5) is 5.69 Å². The average molecular weight is 398 g/mol. The van der Waals surface area contributed by atoms with E-state index in [-0.39, 0.29) is 29.2 Å². The van der Waals surface area contributed by atoms with E-state index in [2.05, 4.69) is 5.32 Å². The minimum absolute atomic E-state index is 0.0434. The number of hydrogen-bond acceptors (Lipinski definition) is 5. The van der Waals surface area contributed by atoms with Crippen LogP contribution in [0.15, 0.2) is 18.2 Å². The number of piperidine rings is 1. The van der Waals surface area contributed by atoms with Gasteiger partial charge < -0.3 is 15.2 Å². The first-order chi connectivity index (χ1) is 12.6. The Kier molecular flexibility index (Phi) is 6.83. The van der Waals surface area contributed by atoms with Crippen molar-refractivity contribution >= 4 is 27.6 Å². The monoisotopic (exact) mass is 398 g/mol. The molecule has 2 N–H and O–H groups in total. The first kappa shape index (κ1) is 21.2. The van der Waals surface area contributed by atoms with Crippen LogP contribution in [0.2, 0.25) is 0 Å². The zero-order valence-electron chi connectivity index (χ0n) is 15.8. The van der Waals surface area contributed by atoms with E-state index in [0.717, 1.165) is 0 Å².